The van der Waals surface area contributed by atoms with E-state index < -0.39 is 10.0 Å². The molecule has 0 radical (unpaired) electrons. The van der Waals surface area contributed by atoms with E-state index in [1.807, 2.05) is 6.07 Å². The first kappa shape index (κ1) is 16.9. The van der Waals surface area contributed by atoms with Crippen molar-refractivity contribution in [2.24, 2.45) is 0 Å². The normalized spacial score (nSPS) is 17.9. The van der Waals surface area contributed by atoms with E-state index in [2.05, 4.69) is 23.9 Å². The van der Waals surface area contributed by atoms with E-state index in [9.17, 15) is 8.42 Å². The van der Waals surface area contributed by atoms with Crippen LogP contribution in [0.3, 0.4) is 0 Å². The summed E-state index contributed by atoms with van der Waals surface area (Å²) in [6, 6.07) is 3.92. The first-order valence-corrected chi connectivity index (χ1v) is 9.54. The molecule has 7 heteroatoms. The Bertz CT molecular complexity index is 557. The Balaban J connectivity index is 1.96. The van der Waals surface area contributed by atoms with Gasteiger partial charge in [-0.1, -0.05) is 13.8 Å². The van der Waals surface area contributed by atoms with E-state index in [0.717, 1.165) is 24.1 Å². The molecular formula is C14H24N2O3S2. The van der Waals surface area contributed by atoms with Crippen molar-refractivity contribution in [1.29, 1.82) is 0 Å². The minimum absolute atomic E-state index is 0.299. The van der Waals surface area contributed by atoms with Gasteiger partial charge in [0.2, 0.25) is 10.0 Å². The maximum absolute atomic E-state index is 12.3. The molecule has 1 aromatic heterocycles. The quantitative estimate of drug-likeness (QED) is 0.765. The van der Waals surface area contributed by atoms with Gasteiger partial charge in [-0.3, -0.25) is 0 Å². The van der Waals surface area contributed by atoms with Crippen molar-refractivity contribution in [3.8, 4) is 0 Å². The van der Waals surface area contributed by atoms with E-state index in [1.165, 1.54) is 11.3 Å². The minimum Gasteiger partial charge on any atom is -0.377 e. The van der Waals surface area contributed by atoms with Crippen molar-refractivity contribution in [3.63, 3.8) is 0 Å². The Morgan fingerprint density at radius 3 is 2.62 bits per heavy atom. The van der Waals surface area contributed by atoms with Crippen molar-refractivity contribution >= 4 is 21.4 Å². The van der Waals surface area contributed by atoms with Crippen LogP contribution >= 0.6 is 11.3 Å². The fraction of sp³-hybridized carbons (Fsp3) is 0.714. The molecule has 5 nitrogen and oxygen atoms in total. The first-order chi connectivity index (χ1) is 9.87. The van der Waals surface area contributed by atoms with Gasteiger partial charge in [-0.15, -0.1) is 11.3 Å². The molecule has 0 aliphatic heterocycles. The Morgan fingerprint density at radius 1 is 1.38 bits per heavy atom. The van der Waals surface area contributed by atoms with Crippen molar-refractivity contribution in [3.05, 3.63) is 17.0 Å². The zero-order valence-corrected chi connectivity index (χ0v) is 14.4. The summed E-state index contributed by atoms with van der Waals surface area (Å²) in [5.41, 5.74) is -0.299. The summed E-state index contributed by atoms with van der Waals surface area (Å²) in [7, 11) is -1.79. The average molecular weight is 332 g/mol. The van der Waals surface area contributed by atoms with E-state index in [1.54, 1.807) is 13.2 Å². The fourth-order valence-electron chi connectivity index (χ4n) is 2.22. The largest absolute Gasteiger partial charge is 0.377 e. The molecule has 0 atom stereocenters. The lowest BCUT2D eigenvalue weighted by molar-refractivity contribution is -0.0659. The third kappa shape index (κ3) is 4.26. The van der Waals surface area contributed by atoms with E-state index in [-0.39, 0.29) is 5.60 Å². The minimum atomic E-state index is -3.44. The smallest absolute Gasteiger partial charge is 0.250 e. The highest BCUT2D eigenvalue weighted by atomic mass is 32.2. The van der Waals surface area contributed by atoms with Crippen LogP contribution < -0.4 is 10.0 Å². The average Bonchev–Trinajstić information content (AvgIpc) is 2.85. The topological polar surface area (TPSA) is 67.4 Å². The van der Waals surface area contributed by atoms with Crippen LogP contribution in [-0.2, 0) is 21.3 Å². The SMILES string of the molecule is COC1(CNS(=O)(=O)c2ccc(CNC(C)C)s2)CCC1. The second-order valence-electron chi connectivity index (χ2n) is 5.82. The Morgan fingerprint density at radius 2 is 2.10 bits per heavy atom. The van der Waals surface area contributed by atoms with Gasteiger partial charge in [-0.25, -0.2) is 13.1 Å². The Hall–Kier alpha value is -0.470. The lowest BCUT2D eigenvalue weighted by Gasteiger charge is -2.40. The highest BCUT2D eigenvalue weighted by Gasteiger charge is 2.38. The van der Waals surface area contributed by atoms with E-state index >= 15 is 0 Å². The molecule has 21 heavy (non-hydrogen) atoms. The Labute approximate surface area is 131 Å². The van der Waals surface area contributed by atoms with Gasteiger partial charge >= 0.3 is 0 Å². The van der Waals surface area contributed by atoms with Crippen molar-refractivity contribution in [1.82, 2.24) is 10.0 Å². The summed E-state index contributed by atoms with van der Waals surface area (Å²) in [5, 5.41) is 3.29. The molecule has 0 spiro atoms. The zero-order chi connectivity index (χ0) is 15.5. The second-order valence-corrected chi connectivity index (χ2v) is 8.98. The van der Waals surface area contributed by atoms with Gasteiger partial charge in [0.05, 0.1) is 5.60 Å². The number of methoxy groups -OCH3 is 1. The maximum Gasteiger partial charge on any atom is 0.250 e. The number of rotatable bonds is 8. The third-order valence-corrected chi connectivity index (χ3v) is 6.85. The van der Waals surface area contributed by atoms with Gasteiger partial charge < -0.3 is 10.1 Å². The molecule has 120 valence electrons. The molecule has 1 aliphatic carbocycles. The van der Waals surface area contributed by atoms with E-state index in [4.69, 9.17) is 4.74 Å². The van der Waals surface area contributed by atoms with Crippen LogP contribution in [0.15, 0.2) is 16.3 Å². The van der Waals surface area contributed by atoms with E-state index in [0.29, 0.717) is 23.3 Å². The zero-order valence-electron chi connectivity index (χ0n) is 12.8. The predicted octanol–water partition coefficient (Wildman–Crippen LogP) is 2.09. The first-order valence-electron chi connectivity index (χ1n) is 7.24. The van der Waals surface area contributed by atoms with Crippen LogP contribution in [0.4, 0.5) is 0 Å². The van der Waals surface area contributed by atoms with Crippen LogP contribution in [0.1, 0.15) is 38.0 Å². The summed E-state index contributed by atoms with van der Waals surface area (Å²) in [6.45, 7) is 5.18. The molecule has 0 bridgehead atoms. The van der Waals surface area contributed by atoms with Gasteiger partial charge in [0, 0.05) is 31.1 Å². The molecule has 2 rings (SSSR count). The summed E-state index contributed by atoms with van der Waals surface area (Å²) in [4.78, 5) is 1.02. The molecule has 2 N–H and O–H groups in total. The summed E-state index contributed by atoms with van der Waals surface area (Å²) < 4.78 is 33.1. The fourth-order valence-corrected chi connectivity index (χ4v) is 4.69. The highest BCUT2D eigenvalue weighted by molar-refractivity contribution is 7.91. The van der Waals surface area contributed by atoms with Crippen LogP contribution in [0, 0.1) is 0 Å². The van der Waals surface area contributed by atoms with Crippen molar-refractivity contribution < 1.29 is 13.2 Å². The van der Waals surface area contributed by atoms with Crippen LogP contribution in [0.2, 0.25) is 0 Å². The summed E-state index contributed by atoms with van der Waals surface area (Å²) >= 11 is 1.31. The van der Waals surface area contributed by atoms with Gasteiger partial charge in [0.15, 0.2) is 0 Å². The lowest BCUT2D eigenvalue weighted by Crippen LogP contribution is -2.49. The standard InChI is InChI=1S/C14H24N2O3S2/c1-11(2)15-9-12-5-6-13(20-12)21(17,18)16-10-14(19-3)7-4-8-14/h5-6,11,15-16H,4,7-10H2,1-3H3. The highest BCUT2D eigenvalue weighted by Crippen LogP contribution is 2.34. The number of hydrogen-bond acceptors (Lipinski definition) is 5. The molecule has 0 saturated heterocycles. The number of hydrogen-bond donors (Lipinski definition) is 2. The van der Waals surface area contributed by atoms with Crippen LogP contribution in [0.25, 0.3) is 0 Å². The van der Waals surface area contributed by atoms with Gasteiger partial charge in [-0.2, -0.15) is 0 Å². The van der Waals surface area contributed by atoms with Crippen LogP contribution in [-0.4, -0.2) is 33.7 Å². The van der Waals surface area contributed by atoms with Gasteiger partial charge in [-0.05, 0) is 31.4 Å². The van der Waals surface area contributed by atoms with Gasteiger partial charge in [0.1, 0.15) is 4.21 Å². The lowest BCUT2D eigenvalue weighted by atomic mass is 9.80. The number of nitrogens with one attached hydrogen (secondary N) is 2. The molecular weight excluding hydrogens is 308 g/mol. The molecule has 0 unspecified atom stereocenters. The summed E-state index contributed by atoms with van der Waals surface area (Å²) in [5.74, 6) is 0. The summed E-state index contributed by atoms with van der Waals surface area (Å²) in [6.07, 6.45) is 2.93. The monoisotopic (exact) mass is 332 g/mol. The van der Waals surface area contributed by atoms with Crippen molar-refractivity contribution in [2.45, 2.75) is 55.5 Å². The second kappa shape index (κ2) is 6.75. The molecule has 1 heterocycles. The number of sulfonamides is 1. The number of thiophene rings is 1. The molecule has 1 aliphatic rings. The maximum atomic E-state index is 12.3. The van der Waals surface area contributed by atoms with Crippen LogP contribution in [0.5, 0.6) is 0 Å². The molecule has 0 amide bonds. The Kier molecular flexibility index (Phi) is 5.43. The van der Waals surface area contributed by atoms with Crippen molar-refractivity contribution in [2.75, 3.05) is 13.7 Å². The predicted molar refractivity (Wildman–Crippen MR) is 85.1 cm³/mol. The molecule has 1 aromatic rings. The van der Waals surface area contributed by atoms with Gasteiger partial charge in [0.25, 0.3) is 0 Å². The number of ether oxygens (including phenoxy) is 1. The molecule has 1 saturated carbocycles. The third-order valence-electron chi connectivity index (χ3n) is 3.87. The molecule has 0 aromatic carbocycles. The molecule has 1 fully saturated rings.